The molecule has 0 N–H and O–H groups in total. The van der Waals surface area contributed by atoms with Gasteiger partial charge in [-0.3, -0.25) is 4.79 Å². The Labute approximate surface area is 104 Å². The Hall–Kier alpha value is -1.15. The number of hydrogen-bond acceptors (Lipinski definition) is 2. The van der Waals surface area contributed by atoms with Crippen LogP contribution >= 0.6 is 0 Å². The van der Waals surface area contributed by atoms with Crippen LogP contribution in [-0.4, -0.2) is 19.5 Å². The fraction of sp³-hybridized carbons (Fsp3) is 0.533. The molecule has 1 atom stereocenters. The first-order valence-corrected chi connectivity index (χ1v) is 6.17. The molecule has 0 aromatic heterocycles. The first-order valence-electron chi connectivity index (χ1n) is 6.17. The molecule has 0 aliphatic heterocycles. The maximum atomic E-state index is 12.2. The van der Waals surface area contributed by atoms with Crippen LogP contribution in [0.15, 0.2) is 18.2 Å². The van der Waals surface area contributed by atoms with E-state index in [1.165, 1.54) is 5.56 Å². The van der Waals surface area contributed by atoms with Crippen molar-refractivity contribution in [3.05, 3.63) is 34.9 Å². The van der Waals surface area contributed by atoms with E-state index in [9.17, 15) is 4.79 Å². The Morgan fingerprint density at radius 1 is 1.35 bits per heavy atom. The summed E-state index contributed by atoms with van der Waals surface area (Å²) in [7, 11) is 1.68. The van der Waals surface area contributed by atoms with Crippen LogP contribution in [0.3, 0.4) is 0 Å². The molecule has 1 unspecified atom stereocenters. The number of carbonyl (C=O) groups excluding carboxylic acids is 1. The van der Waals surface area contributed by atoms with Crippen molar-refractivity contribution in [2.24, 2.45) is 5.92 Å². The van der Waals surface area contributed by atoms with Gasteiger partial charge in [0.15, 0.2) is 5.78 Å². The van der Waals surface area contributed by atoms with Gasteiger partial charge >= 0.3 is 0 Å². The molecule has 1 aromatic rings. The maximum absolute atomic E-state index is 12.2. The Morgan fingerprint density at radius 2 is 2.06 bits per heavy atom. The van der Waals surface area contributed by atoms with Gasteiger partial charge in [0.25, 0.3) is 0 Å². The summed E-state index contributed by atoms with van der Waals surface area (Å²) in [6.45, 7) is 6.80. The van der Waals surface area contributed by atoms with Crippen LogP contribution in [0.2, 0.25) is 0 Å². The Morgan fingerprint density at radius 3 is 2.59 bits per heavy atom. The summed E-state index contributed by atoms with van der Waals surface area (Å²) in [5, 5.41) is 0. The fourth-order valence-electron chi connectivity index (χ4n) is 2.06. The lowest BCUT2D eigenvalue weighted by molar-refractivity contribution is 0.0903. The zero-order valence-corrected chi connectivity index (χ0v) is 11.2. The molecule has 0 saturated heterocycles. The zero-order chi connectivity index (χ0) is 12.8. The molecule has 0 amide bonds. The highest BCUT2D eigenvalue weighted by atomic mass is 16.5. The average Bonchev–Trinajstić information content (AvgIpc) is 2.28. The van der Waals surface area contributed by atoms with Crippen LogP contribution in [-0.2, 0) is 4.74 Å². The summed E-state index contributed by atoms with van der Waals surface area (Å²) in [5.74, 6) is 0.555. The quantitative estimate of drug-likeness (QED) is 0.704. The summed E-state index contributed by atoms with van der Waals surface area (Å²) in [6.07, 6.45) is 1.55. The number of hydrogen-bond donors (Lipinski definition) is 0. The molecule has 0 fully saturated rings. The minimum Gasteiger partial charge on any atom is -0.384 e. The topological polar surface area (TPSA) is 26.3 Å². The third kappa shape index (κ3) is 3.97. The molecule has 0 aliphatic rings. The molecule has 17 heavy (non-hydrogen) atoms. The van der Waals surface area contributed by atoms with Gasteiger partial charge in [-0.15, -0.1) is 0 Å². The Bertz CT molecular complexity index is 383. The lowest BCUT2D eigenvalue weighted by Crippen LogP contribution is -2.14. The third-order valence-corrected chi connectivity index (χ3v) is 3.14. The fourth-order valence-corrected chi connectivity index (χ4v) is 2.06. The van der Waals surface area contributed by atoms with Crippen molar-refractivity contribution in [2.75, 3.05) is 13.7 Å². The zero-order valence-electron chi connectivity index (χ0n) is 11.2. The van der Waals surface area contributed by atoms with Gasteiger partial charge in [-0.25, -0.2) is 0 Å². The Kier molecular flexibility index (Phi) is 5.36. The number of benzene rings is 1. The first kappa shape index (κ1) is 13.9. The van der Waals surface area contributed by atoms with Gasteiger partial charge in [-0.1, -0.05) is 37.1 Å². The molecule has 1 rings (SSSR count). The number of ketones is 1. The predicted octanol–water partition coefficient (Wildman–Crippen LogP) is 3.55. The van der Waals surface area contributed by atoms with Crippen molar-refractivity contribution >= 4 is 5.78 Å². The number of aryl methyl sites for hydroxylation is 2. The monoisotopic (exact) mass is 234 g/mol. The van der Waals surface area contributed by atoms with Crippen LogP contribution in [0.4, 0.5) is 0 Å². The molecule has 0 spiro atoms. The van der Waals surface area contributed by atoms with Crippen LogP contribution in [0.5, 0.6) is 0 Å². The second kappa shape index (κ2) is 6.55. The van der Waals surface area contributed by atoms with E-state index in [2.05, 4.69) is 13.0 Å². The molecule has 0 aliphatic carbocycles. The molecule has 2 heteroatoms. The molecule has 1 aromatic carbocycles. The first-order chi connectivity index (χ1) is 8.08. The molecular formula is C15H22O2. The second-order valence-corrected chi connectivity index (χ2v) is 4.68. The molecule has 2 nitrogen and oxygen atoms in total. The van der Waals surface area contributed by atoms with E-state index in [0.717, 1.165) is 17.5 Å². The lowest BCUT2D eigenvalue weighted by Gasteiger charge is -2.13. The van der Waals surface area contributed by atoms with Crippen molar-refractivity contribution < 1.29 is 9.53 Å². The SMILES string of the molecule is CCC(COC)CC(=O)c1ccc(C)cc1C. The van der Waals surface area contributed by atoms with Crippen molar-refractivity contribution in [3.63, 3.8) is 0 Å². The van der Waals surface area contributed by atoms with Crippen LogP contribution in [0.1, 0.15) is 41.3 Å². The largest absolute Gasteiger partial charge is 0.384 e. The summed E-state index contributed by atoms with van der Waals surface area (Å²) in [5.41, 5.74) is 3.12. The maximum Gasteiger partial charge on any atom is 0.163 e. The molecular weight excluding hydrogens is 212 g/mol. The second-order valence-electron chi connectivity index (χ2n) is 4.68. The summed E-state index contributed by atoms with van der Waals surface area (Å²) in [6, 6.07) is 5.99. The van der Waals surface area contributed by atoms with E-state index in [1.54, 1.807) is 7.11 Å². The van der Waals surface area contributed by atoms with Crippen LogP contribution in [0.25, 0.3) is 0 Å². The van der Waals surface area contributed by atoms with E-state index < -0.39 is 0 Å². The molecule has 94 valence electrons. The summed E-state index contributed by atoms with van der Waals surface area (Å²) in [4.78, 5) is 12.2. The van der Waals surface area contributed by atoms with E-state index in [4.69, 9.17) is 4.74 Å². The number of carbonyl (C=O) groups is 1. The number of rotatable bonds is 6. The van der Waals surface area contributed by atoms with Crippen molar-refractivity contribution in [1.82, 2.24) is 0 Å². The minimum atomic E-state index is 0.228. The van der Waals surface area contributed by atoms with Crippen LogP contribution < -0.4 is 0 Å². The smallest absolute Gasteiger partial charge is 0.163 e. The number of methoxy groups -OCH3 is 1. The minimum absolute atomic E-state index is 0.228. The lowest BCUT2D eigenvalue weighted by atomic mass is 9.94. The van der Waals surface area contributed by atoms with Gasteiger partial charge in [0.05, 0.1) is 0 Å². The van der Waals surface area contributed by atoms with Gasteiger partial charge in [0.1, 0.15) is 0 Å². The molecule has 0 saturated carbocycles. The number of ether oxygens (including phenoxy) is 1. The van der Waals surface area contributed by atoms with Gasteiger partial charge in [-0.2, -0.15) is 0 Å². The van der Waals surface area contributed by atoms with E-state index >= 15 is 0 Å². The summed E-state index contributed by atoms with van der Waals surface area (Å²) < 4.78 is 5.13. The molecule has 0 heterocycles. The summed E-state index contributed by atoms with van der Waals surface area (Å²) >= 11 is 0. The van der Waals surface area contributed by atoms with Crippen LogP contribution in [0, 0.1) is 19.8 Å². The van der Waals surface area contributed by atoms with Gasteiger partial charge in [-0.05, 0) is 25.3 Å². The standard InChI is InChI=1S/C15H22O2/c1-5-13(10-17-4)9-15(16)14-7-6-11(2)8-12(14)3/h6-8,13H,5,9-10H2,1-4H3. The third-order valence-electron chi connectivity index (χ3n) is 3.14. The van der Waals surface area contributed by atoms with E-state index in [0.29, 0.717) is 18.9 Å². The van der Waals surface area contributed by atoms with Gasteiger partial charge in [0.2, 0.25) is 0 Å². The molecule has 0 radical (unpaired) electrons. The average molecular weight is 234 g/mol. The predicted molar refractivity (Wildman–Crippen MR) is 70.5 cm³/mol. The van der Waals surface area contributed by atoms with Gasteiger partial charge < -0.3 is 4.74 Å². The Balaban J connectivity index is 2.75. The number of Topliss-reactive ketones (excluding diaryl/α,β-unsaturated/α-hetero) is 1. The van der Waals surface area contributed by atoms with E-state index in [-0.39, 0.29) is 5.78 Å². The van der Waals surface area contributed by atoms with Crippen molar-refractivity contribution in [3.8, 4) is 0 Å². The normalized spacial score (nSPS) is 12.5. The van der Waals surface area contributed by atoms with Gasteiger partial charge in [0, 0.05) is 25.7 Å². The highest BCUT2D eigenvalue weighted by Gasteiger charge is 2.15. The van der Waals surface area contributed by atoms with Crippen molar-refractivity contribution in [2.45, 2.75) is 33.6 Å². The molecule has 0 bridgehead atoms. The highest BCUT2D eigenvalue weighted by molar-refractivity contribution is 5.97. The van der Waals surface area contributed by atoms with Crippen molar-refractivity contribution in [1.29, 1.82) is 0 Å². The van der Waals surface area contributed by atoms with E-state index in [1.807, 2.05) is 26.0 Å². The highest BCUT2D eigenvalue weighted by Crippen LogP contribution is 2.17.